The molecule has 1 unspecified atom stereocenters. The van der Waals surface area contributed by atoms with Crippen LogP contribution in [0.5, 0.6) is 0 Å². The second kappa shape index (κ2) is 11.8. The number of aromatic nitrogens is 2. The molecule has 2 aromatic heterocycles. The Labute approximate surface area is 185 Å². The van der Waals surface area contributed by atoms with Crippen molar-refractivity contribution in [2.45, 2.75) is 32.4 Å². The highest BCUT2D eigenvalue weighted by Crippen LogP contribution is 2.13. The number of nitrogens with one attached hydrogen (secondary N) is 2. The van der Waals surface area contributed by atoms with Crippen molar-refractivity contribution in [3.63, 3.8) is 0 Å². The van der Waals surface area contributed by atoms with Crippen LogP contribution in [-0.2, 0) is 16.0 Å². The van der Waals surface area contributed by atoms with Crippen LogP contribution in [0.4, 0.5) is 0 Å². The van der Waals surface area contributed by atoms with Crippen molar-refractivity contribution in [2.75, 3.05) is 32.9 Å². The quantitative estimate of drug-likeness (QED) is 0.228. The van der Waals surface area contributed by atoms with Crippen molar-refractivity contribution in [3.05, 3.63) is 34.7 Å². The van der Waals surface area contributed by atoms with E-state index in [-0.39, 0.29) is 30.1 Å². The first-order chi connectivity index (χ1) is 12.7. The number of rotatable bonds is 8. The molecule has 150 valence electrons. The number of fused-ring (bicyclic) bond motifs is 1. The fraction of sp³-hybridized carbons (Fsp3) is 0.556. The number of pyridine rings is 1. The van der Waals surface area contributed by atoms with E-state index in [0.29, 0.717) is 6.54 Å². The molecule has 1 aliphatic heterocycles. The SMILES string of the molecule is CCNC(=NCc1cn2cc(Br)ccc2n1)NCCCOC1CCOC1.I. The number of ether oxygens (including phenoxy) is 2. The molecule has 1 fully saturated rings. The van der Waals surface area contributed by atoms with E-state index in [2.05, 4.69) is 43.5 Å². The molecule has 1 atom stereocenters. The zero-order chi connectivity index (χ0) is 18.2. The second-order valence-corrected chi connectivity index (χ2v) is 7.09. The third kappa shape index (κ3) is 7.20. The minimum Gasteiger partial charge on any atom is -0.379 e. The van der Waals surface area contributed by atoms with Crippen molar-refractivity contribution >= 4 is 51.5 Å². The summed E-state index contributed by atoms with van der Waals surface area (Å²) >= 11 is 3.47. The monoisotopic (exact) mass is 551 g/mol. The summed E-state index contributed by atoms with van der Waals surface area (Å²) in [6.07, 6.45) is 6.21. The average Bonchev–Trinajstić information content (AvgIpc) is 3.28. The van der Waals surface area contributed by atoms with Crippen molar-refractivity contribution in [1.82, 2.24) is 20.0 Å². The highest BCUT2D eigenvalue weighted by molar-refractivity contribution is 14.0. The molecule has 0 aliphatic carbocycles. The smallest absolute Gasteiger partial charge is 0.191 e. The van der Waals surface area contributed by atoms with Crippen LogP contribution >= 0.6 is 39.9 Å². The fourth-order valence-corrected chi connectivity index (χ4v) is 3.12. The molecule has 0 radical (unpaired) electrons. The summed E-state index contributed by atoms with van der Waals surface area (Å²) in [4.78, 5) is 9.21. The molecule has 0 saturated carbocycles. The fourth-order valence-electron chi connectivity index (χ4n) is 2.77. The van der Waals surface area contributed by atoms with Gasteiger partial charge in [-0.25, -0.2) is 9.98 Å². The van der Waals surface area contributed by atoms with E-state index in [1.54, 1.807) is 0 Å². The molecule has 7 nitrogen and oxygen atoms in total. The average molecular weight is 552 g/mol. The van der Waals surface area contributed by atoms with Crippen LogP contribution in [0.3, 0.4) is 0 Å². The zero-order valence-electron chi connectivity index (χ0n) is 15.5. The Morgan fingerprint density at radius 3 is 3.07 bits per heavy atom. The van der Waals surface area contributed by atoms with Gasteiger partial charge in [0.2, 0.25) is 0 Å². The Morgan fingerprint density at radius 2 is 2.30 bits per heavy atom. The van der Waals surface area contributed by atoms with Crippen LogP contribution in [-0.4, -0.2) is 54.4 Å². The molecule has 1 saturated heterocycles. The first-order valence-corrected chi connectivity index (χ1v) is 9.88. The molecular weight excluding hydrogens is 525 g/mol. The number of guanidine groups is 1. The minimum absolute atomic E-state index is 0. The normalized spacial score (nSPS) is 17.1. The third-order valence-corrected chi connectivity index (χ3v) is 4.53. The Balaban J connectivity index is 0.00000261. The van der Waals surface area contributed by atoms with Gasteiger partial charge >= 0.3 is 0 Å². The highest BCUT2D eigenvalue weighted by atomic mass is 127. The van der Waals surface area contributed by atoms with Crippen LogP contribution in [0, 0.1) is 0 Å². The van der Waals surface area contributed by atoms with Gasteiger partial charge in [0.1, 0.15) is 5.65 Å². The van der Waals surface area contributed by atoms with Crippen molar-refractivity contribution in [1.29, 1.82) is 0 Å². The molecule has 2 N–H and O–H groups in total. The van der Waals surface area contributed by atoms with E-state index in [4.69, 9.17) is 9.47 Å². The Hall–Kier alpha value is -0.910. The third-order valence-electron chi connectivity index (χ3n) is 4.06. The van der Waals surface area contributed by atoms with Crippen molar-refractivity contribution in [2.24, 2.45) is 4.99 Å². The summed E-state index contributed by atoms with van der Waals surface area (Å²) in [7, 11) is 0. The molecule has 0 bridgehead atoms. The number of imidazole rings is 1. The first-order valence-electron chi connectivity index (χ1n) is 9.09. The largest absolute Gasteiger partial charge is 0.379 e. The van der Waals surface area contributed by atoms with Crippen LogP contribution in [0.25, 0.3) is 5.65 Å². The van der Waals surface area contributed by atoms with Gasteiger partial charge in [0.15, 0.2) is 5.96 Å². The van der Waals surface area contributed by atoms with Gasteiger partial charge in [0.05, 0.1) is 24.9 Å². The van der Waals surface area contributed by atoms with Crippen molar-refractivity contribution in [3.8, 4) is 0 Å². The van der Waals surface area contributed by atoms with Gasteiger partial charge in [-0.05, 0) is 47.8 Å². The van der Waals surface area contributed by atoms with E-state index in [1.807, 2.05) is 28.9 Å². The van der Waals surface area contributed by atoms with E-state index in [9.17, 15) is 0 Å². The van der Waals surface area contributed by atoms with Crippen molar-refractivity contribution < 1.29 is 9.47 Å². The molecule has 27 heavy (non-hydrogen) atoms. The van der Waals surface area contributed by atoms with Gasteiger partial charge in [-0.1, -0.05) is 0 Å². The van der Waals surface area contributed by atoms with Gasteiger partial charge in [-0.2, -0.15) is 0 Å². The molecule has 3 heterocycles. The second-order valence-electron chi connectivity index (χ2n) is 6.18. The van der Waals surface area contributed by atoms with Gasteiger partial charge < -0.3 is 24.5 Å². The molecule has 0 spiro atoms. The lowest BCUT2D eigenvalue weighted by atomic mass is 10.3. The Kier molecular flexibility index (Phi) is 9.80. The van der Waals surface area contributed by atoms with E-state index >= 15 is 0 Å². The predicted octanol–water partition coefficient (Wildman–Crippen LogP) is 2.97. The maximum Gasteiger partial charge on any atom is 0.191 e. The Bertz CT molecular complexity index is 734. The first kappa shape index (κ1) is 22.4. The lowest BCUT2D eigenvalue weighted by Gasteiger charge is -2.12. The number of aliphatic imine (C=N–C) groups is 1. The maximum absolute atomic E-state index is 5.78. The molecule has 3 rings (SSSR count). The maximum atomic E-state index is 5.78. The summed E-state index contributed by atoms with van der Waals surface area (Å²) in [5.41, 5.74) is 1.86. The molecule has 0 amide bonds. The number of hydrogen-bond acceptors (Lipinski definition) is 4. The topological polar surface area (TPSA) is 72.2 Å². The zero-order valence-corrected chi connectivity index (χ0v) is 19.4. The number of halogens is 2. The van der Waals surface area contributed by atoms with Crippen LogP contribution in [0.2, 0.25) is 0 Å². The van der Waals surface area contributed by atoms with Gasteiger partial charge in [-0.3, -0.25) is 0 Å². The predicted molar refractivity (Wildman–Crippen MR) is 121 cm³/mol. The lowest BCUT2D eigenvalue weighted by molar-refractivity contribution is 0.0420. The molecule has 1 aliphatic rings. The van der Waals surface area contributed by atoms with Gasteiger partial charge in [0.25, 0.3) is 0 Å². The lowest BCUT2D eigenvalue weighted by Crippen LogP contribution is -2.38. The van der Waals surface area contributed by atoms with Crippen LogP contribution in [0.15, 0.2) is 34.0 Å². The van der Waals surface area contributed by atoms with Gasteiger partial charge in [-0.15, -0.1) is 24.0 Å². The number of hydrogen-bond donors (Lipinski definition) is 2. The minimum atomic E-state index is 0. The van der Waals surface area contributed by atoms with Crippen LogP contribution < -0.4 is 10.6 Å². The summed E-state index contributed by atoms with van der Waals surface area (Å²) in [6, 6.07) is 3.97. The summed E-state index contributed by atoms with van der Waals surface area (Å²) in [5, 5.41) is 6.61. The molecule has 0 aromatic carbocycles. The number of nitrogens with zero attached hydrogens (tertiary/aromatic N) is 3. The summed E-state index contributed by atoms with van der Waals surface area (Å²) < 4.78 is 14.1. The van der Waals surface area contributed by atoms with E-state index < -0.39 is 0 Å². The molecule has 9 heteroatoms. The summed E-state index contributed by atoms with van der Waals surface area (Å²) in [5.74, 6) is 0.801. The highest BCUT2D eigenvalue weighted by Gasteiger charge is 2.15. The van der Waals surface area contributed by atoms with E-state index in [1.165, 1.54) is 0 Å². The molecular formula is C18H27BrIN5O2. The standard InChI is InChI=1S/C18H26BrN5O2.HI/c1-2-20-18(21-7-3-8-26-16-6-9-25-13-16)22-10-15-12-24-11-14(19)4-5-17(24)23-15;/h4-5,11-12,16H,2-3,6-10,13H2,1H3,(H2,20,21,22);1H. The van der Waals surface area contributed by atoms with Gasteiger partial charge in [0, 0.05) is 43.2 Å². The van der Waals surface area contributed by atoms with Crippen LogP contribution in [0.1, 0.15) is 25.5 Å². The summed E-state index contributed by atoms with van der Waals surface area (Å²) in [6.45, 7) is 6.51. The Morgan fingerprint density at radius 1 is 1.41 bits per heavy atom. The molecule has 2 aromatic rings. The van der Waals surface area contributed by atoms with E-state index in [0.717, 1.165) is 67.5 Å².